The maximum atomic E-state index is 12.2. The number of carbonyl (C=O) groups is 1. The lowest BCUT2D eigenvalue weighted by molar-refractivity contribution is -0.119. The molecular formula is C21H22N4OS. The molecule has 0 bridgehead atoms. The average molecular weight is 379 g/mol. The van der Waals surface area contributed by atoms with Gasteiger partial charge in [0.2, 0.25) is 11.1 Å². The van der Waals surface area contributed by atoms with Crippen LogP contribution in [0.25, 0.3) is 11.3 Å². The van der Waals surface area contributed by atoms with Crippen molar-refractivity contribution in [2.45, 2.75) is 31.0 Å². The lowest BCUT2D eigenvalue weighted by Crippen LogP contribution is -2.34. The van der Waals surface area contributed by atoms with Crippen molar-refractivity contribution in [3.8, 4) is 11.3 Å². The Labute approximate surface area is 163 Å². The summed E-state index contributed by atoms with van der Waals surface area (Å²) in [4.78, 5) is 16.7. The van der Waals surface area contributed by atoms with Gasteiger partial charge in [-0.15, -0.1) is 5.10 Å². The van der Waals surface area contributed by atoms with E-state index in [1.54, 1.807) is 6.20 Å². The Kier molecular flexibility index (Phi) is 6.93. The van der Waals surface area contributed by atoms with Crippen molar-refractivity contribution < 1.29 is 4.79 Å². The van der Waals surface area contributed by atoms with Crippen LogP contribution in [0.5, 0.6) is 0 Å². The number of hydrogen-bond donors (Lipinski definition) is 1. The van der Waals surface area contributed by atoms with Crippen LogP contribution in [0.1, 0.15) is 18.9 Å². The standard InChI is InChI=1S/C21H22N4OS/c1-16(12-13-17-8-4-2-5-9-17)23-20(26)15-27-21-24-19(14-22-25-21)18-10-6-3-7-11-18/h2-11,14,16H,12-13,15H2,1H3,(H,23,26). The molecule has 0 spiro atoms. The third-order valence-corrected chi connectivity index (χ3v) is 4.90. The summed E-state index contributed by atoms with van der Waals surface area (Å²) < 4.78 is 0. The van der Waals surface area contributed by atoms with Gasteiger partial charge in [-0.25, -0.2) is 4.98 Å². The second kappa shape index (κ2) is 9.83. The van der Waals surface area contributed by atoms with Gasteiger partial charge in [-0.2, -0.15) is 5.10 Å². The van der Waals surface area contributed by atoms with Crippen molar-refractivity contribution in [2.24, 2.45) is 0 Å². The molecule has 6 heteroatoms. The van der Waals surface area contributed by atoms with Crippen molar-refractivity contribution in [3.05, 3.63) is 72.4 Å². The van der Waals surface area contributed by atoms with Crippen LogP contribution in [0.4, 0.5) is 0 Å². The zero-order chi connectivity index (χ0) is 18.9. The third kappa shape index (κ3) is 6.18. The fourth-order valence-electron chi connectivity index (χ4n) is 2.64. The number of benzene rings is 2. The number of amides is 1. The molecule has 0 aliphatic heterocycles. The Morgan fingerprint density at radius 3 is 2.52 bits per heavy atom. The zero-order valence-electron chi connectivity index (χ0n) is 15.2. The molecule has 27 heavy (non-hydrogen) atoms. The molecule has 0 saturated heterocycles. The van der Waals surface area contributed by atoms with Gasteiger partial charge in [-0.3, -0.25) is 4.79 Å². The van der Waals surface area contributed by atoms with Crippen molar-refractivity contribution in [1.82, 2.24) is 20.5 Å². The molecule has 1 aromatic heterocycles. The molecule has 1 amide bonds. The van der Waals surface area contributed by atoms with Crippen LogP contribution >= 0.6 is 11.8 Å². The number of hydrogen-bond acceptors (Lipinski definition) is 5. The summed E-state index contributed by atoms with van der Waals surface area (Å²) in [5.74, 6) is 0.254. The number of rotatable bonds is 8. The van der Waals surface area contributed by atoms with E-state index in [9.17, 15) is 4.79 Å². The minimum atomic E-state index is -0.0192. The van der Waals surface area contributed by atoms with Crippen LogP contribution in [0.2, 0.25) is 0 Å². The lowest BCUT2D eigenvalue weighted by Gasteiger charge is -2.13. The van der Waals surface area contributed by atoms with Crippen molar-refractivity contribution in [3.63, 3.8) is 0 Å². The minimum absolute atomic E-state index is 0.0192. The molecular weight excluding hydrogens is 356 g/mol. The second-order valence-corrected chi connectivity index (χ2v) is 7.21. The van der Waals surface area contributed by atoms with Crippen LogP contribution in [0.15, 0.2) is 72.0 Å². The molecule has 3 aromatic rings. The van der Waals surface area contributed by atoms with Crippen molar-refractivity contribution in [2.75, 3.05) is 5.75 Å². The molecule has 138 valence electrons. The summed E-state index contributed by atoms with van der Waals surface area (Å²) in [6, 6.07) is 20.2. The van der Waals surface area contributed by atoms with E-state index in [1.165, 1.54) is 17.3 Å². The smallest absolute Gasteiger partial charge is 0.230 e. The summed E-state index contributed by atoms with van der Waals surface area (Å²) in [5.41, 5.74) is 3.02. The van der Waals surface area contributed by atoms with Crippen LogP contribution in [0.3, 0.4) is 0 Å². The van der Waals surface area contributed by atoms with Gasteiger partial charge < -0.3 is 5.32 Å². The Morgan fingerprint density at radius 1 is 1.07 bits per heavy atom. The minimum Gasteiger partial charge on any atom is -0.353 e. The number of carbonyl (C=O) groups excluding carboxylic acids is 1. The van der Waals surface area contributed by atoms with E-state index in [1.807, 2.05) is 55.5 Å². The topological polar surface area (TPSA) is 67.8 Å². The average Bonchev–Trinajstić information content (AvgIpc) is 2.72. The van der Waals surface area contributed by atoms with Gasteiger partial charge in [-0.1, -0.05) is 72.4 Å². The Morgan fingerprint density at radius 2 is 1.78 bits per heavy atom. The van der Waals surface area contributed by atoms with Crippen LogP contribution in [-0.2, 0) is 11.2 Å². The highest BCUT2D eigenvalue weighted by Gasteiger charge is 2.10. The first-order valence-corrected chi connectivity index (χ1v) is 9.90. The van der Waals surface area contributed by atoms with Gasteiger partial charge in [0.05, 0.1) is 17.6 Å². The Balaban J connectivity index is 1.46. The maximum absolute atomic E-state index is 12.2. The molecule has 0 saturated carbocycles. The number of aryl methyl sites for hydroxylation is 1. The monoisotopic (exact) mass is 378 g/mol. The Bertz CT molecular complexity index is 858. The predicted molar refractivity (Wildman–Crippen MR) is 108 cm³/mol. The normalized spacial score (nSPS) is 11.7. The first-order valence-electron chi connectivity index (χ1n) is 8.92. The van der Waals surface area contributed by atoms with E-state index in [0.29, 0.717) is 5.16 Å². The summed E-state index contributed by atoms with van der Waals surface area (Å²) in [7, 11) is 0. The van der Waals surface area contributed by atoms with Crippen molar-refractivity contribution in [1.29, 1.82) is 0 Å². The molecule has 0 fully saturated rings. The molecule has 2 aromatic carbocycles. The maximum Gasteiger partial charge on any atom is 0.230 e. The lowest BCUT2D eigenvalue weighted by atomic mass is 10.1. The highest BCUT2D eigenvalue weighted by Crippen LogP contribution is 2.18. The van der Waals surface area contributed by atoms with E-state index in [2.05, 4.69) is 32.6 Å². The zero-order valence-corrected chi connectivity index (χ0v) is 16.0. The SMILES string of the molecule is CC(CCc1ccccc1)NC(=O)CSc1nncc(-c2ccccc2)n1. The third-order valence-electron chi connectivity index (χ3n) is 4.06. The van der Waals surface area contributed by atoms with Gasteiger partial charge in [0, 0.05) is 11.6 Å². The first-order chi connectivity index (χ1) is 13.2. The quantitative estimate of drug-likeness (QED) is 0.605. The number of thioether (sulfide) groups is 1. The van der Waals surface area contributed by atoms with Crippen LogP contribution < -0.4 is 5.32 Å². The summed E-state index contributed by atoms with van der Waals surface area (Å²) >= 11 is 1.30. The highest BCUT2D eigenvalue weighted by atomic mass is 32.2. The Hall–Kier alpha value is -2.73. The molecule has 1 N–H and O–H groups in total. The number of nitrogens with one attached hydrogen (secondary N) is 1. The summed E-state index contributed by atoms with van der Waals surface area (Å²) in [6.07, 6.45) is 3.48. The molecule has 0 radical (unpaired) electrons. The van der Waals surface area contributed by atoms with Gasteiger partial charge in [0.1, 0.15) is 0 Å². The van der Waals surface area contributed by atoms with E-state index < -0.39 is 0 Å². The van der Waals surface area contributed by atoms with E-state index in [0.717, 1.165) is 24.1 Å². The van der Waals surface area contributed by atoms with E-state index in [-0.39, 0.29) is 17.7 Å². The molecule has 1 unspecified atom stereocenters. The largest absolute Gasteiger partial charge is 0.353 e. The van der Waals surface area contributed by atoms with Gasteiger partial charge in [-0.05, 0) is 25.3 Å². The fraction of sp³-hybridized carbons (Fsp3) is 0.238. The summed E-state index contributed by atoms with van der Waals surface area (Å²) in [5, 5.41) is 11.5. The van der Waals surface area contributed by atoms with Gasteiger partial charge in [0.25, 0.3) is 0 Å². The molecule has 5 nitrogen and oxygen atoms in total. The first kappa shape index (κ1) is 19.0. The van der Waals surface area contributed by atoms with Crippen LogP contribution in [-0.4, -0.2) is 32.9 Å². The fourth-order valence-corrected chi connectivity index (χ4v) is 3.25. The van der Waals surface area contributed by atoms with E-state index >= 15 is 0 Å². The molecule has 1 heterocycles. The molecule has 0 aliphatic rings. The molecule has 1 atom stereocenters. The number of aromatic nitrogens is 3. The molecule has 3 rings (SSSR count). The van der Waals surface area contributed by atoms with Gasteiger partial charge in [0.15, 0.2) is 0 Å². The van der Waals surface area contributed by atoms with E-state index in [4.69, 9.17) is 0 Å². The predicted octanol–water partition coefficient (Wildman–Crippen LogP) is 3.77. The summed E-state index contributed by atoms with van der Waals surface area (Å²) in [6.45, 7) is 2.03. The molecule has 0 aliphatic carbocycles. The van der Waals surface area contributed by atoms with Gasteiger partial charge >= 0.3 is 0 Å². The highest BCUT2D eigenvalue weighted by molar-refractivity contribution is 7.99. The van der Waals surface area contributed by atoms with Crippen molar-refractivity contribution >= 4 is 17.7 Å². The second-order valence-electron chi connectivity index (χ2n) is 6.27. The number of nitrogens with zero attached hydrogens (tertiary/aromatic N) is 3. The van der Waals surface area contributed by atoms with Crippen LogP contribution in [0, 0.1) is 0 Å².